The van der Waals surface area contributed by atoms with Crippen molar-refractivity contribution >= 4 is 12.0 Å². The number of aryl methyl sites for hydroxylation is 1. The molecule has 0 radical (unpaired) electrons. The number of nitriles is 1. The van der Waals surface area contributed by atoms with E-state index in [1.165, 1.54) is 0 Å². The van der Waals surface area contributed by atoms with Crippen molar-refractivity contribution in [2.75, 3.05) is 6.54 Å². The summed E-state index contributed by atoms with van der Waals surface area (Å²) in [5, 5.41) is 22.0. The van der Waals surface area contributed by atoms with Gasteiger partial charge in [0.25, 0.3) is 5.91 Å². The van der Waals surface area contributed by atoms with Gasteiger partial charge < -0.3 is 15.0 Å². The fourth-order valence-corrected chi connectivity index (χ4v) is 3.63. The van der Waals surface area contributed by atoms with Crippen molar-refractivity contribution in [1.29, 1.82) is 5.26 Å². The first kappa shape index (κ1) is 19.3. The van der Waals surface area contributed by atoms with Gasteiger partial charge in [0.2, 0.25) is 0 Å². The van der Waals surface area contributed by atoms with E-state index < -0.39 is 0 Å². The van der Waals surface area contributed by atoms with Crippen LogP contribution in [0.5, 0.6) is 0 Å². The van der Waals surface area contributed by atoms with Gasteiger partial charge in [0, 0.05) is 24.5 Å². The molecule has 1 heterocycles. The maximum atomic E-state index is 12.4. The van der Waals surface area contributed by atoms with Crippen LogP contribution >= 0.6 is 0 Å². The first-order valence-corrected chi connectivity index (χ1v) is 9.21. The molecule has 5 nitrogen and oxygen atoms in total. The molecule has 5 heteroatoms. The highest BCUT2D eigenvalue weighted by atomic mass is 16.3. The zero-order valence-corrected chi connectivity index (χ0v) is 15.5. The second-order valence-corrected chi connectivity index (χ2v) is 7.04. The number of carbonyl (C=O) groups is 1. The van der Waals surface area contributed by atoms with Gasteiger partial charge in [-0.05, 0) is 63.2 Å². The van der Waals surface area contributed by atoms with Crippen LogP contribution in [0.1, 0.15) is 56.0 Å². The molecular weight excluding hydrogens is 314 g/mol. The summed E-state index contributed by atoms with van der Waals surface area (Å²) in [4.78, 5) is 12.4. The van der Waals surface area contributed by atoms with E-state index in [9.17, 15) is 15.2 Å². The highest BCUT2D eigenvalue weighted by Gasteiger charge is 2.21. The number of rotatable bonds is 6. The second kappa shape index (κ2) is 8.87. The van der Waals surface area contributed by atoms with Gasteiger partial charge in [-0.25, -0.2) is 0 Å². The van der Waals surface area contributed by atoms with E-state index in [1.54, 1.807) is 6.08 Å². The lowest BCUT2D eigenvalue weighted by Gasteiger charge is -2.25. The third-order valence-corrected chi connectivity index (χ3v) is 5.03. The van der Waals surface area contributed by atoms with Crippen LogP contribution in [0, 0.1) is 31.1 Å². The van der Waals surface area contributed by atoms with Crippen LogP contribution in [0.4, 0.5) is 0 Å². The molecule has 1 aromatic heterocycles. The van der Waals surface area contributed by atoms with Crippen molar-refractivity contribution in [3.05, 3.63) is 28.6 Å². The van der Waals surface area contributed by atoms with Crippen LogP contribution in [0.15, 0.2) is 11.6 Å². The molecule has 1 aromatic rings. The molecule has 1 saturated carbocycles. The van der Waals surface area contributed by atoms with E-state index in [0.29, 0.717) is 12.5 Å². The van der Waals surface area contributed by atoms with E-state index in [1.807, 2.05) is 26.0 Å². The SMILES string of the molecule is CCCn1c(C)cc(C=C(C#N)C(=O)NCC2CCCC(O)C2)c1C. The quantitative estimate of drug-likeness (QED) is 0.615. The summed E-state index contributed by atoms with van der Waals surface area (Å²) < 4.78 is 2.21. The number of hydrogen-bond acceptors (Lipinski definition) is 3. The van der Waals surface area contributed by atoms with Crippen molar-refractivity contribution in [3.63, 3.8) is 0 Å². The molecule has 2 rings (SSSR count). The van der Waals surface area contributed by atoms with Gasteiger partial charge in [0.05, 0.1) is 6.10 Å². The molecule has 2 unspecified atom stereocenters. The number of hydrogen-bond donors (Lipinski definition) is 2. The molecule has 1 fully saturated rings. The Morgan fingerprint density at radius 2 is 2.24 bits per heavy atom. The molecule has 1 amide bonds. The molecule has 2 N–H and O–H groups in total. The second-order valence-electron chi connectivity index (χ2n) is 7.04. The molecule has 25 heavy (non-hydrogen) atoms. The van der Waals surface area contributed by atoms with Crippen molar-refractivity contribution in [3.8, 4) is 6.07 Å². The molecule has 1 aliphatic carbocycles. The Bertz CT molecular complexity index is 682. The summed E-state index contributed by atoms with van der Waals surface area (Å²) in [5.74, 6) is -0.0369. The molecule has 0 bridgehead atoms. The third-order valence-electron chi connectivity index (χ3n) is 5.03. The fraction of sp³-hybridized carbons (Fsp3) is 0.600. The molecular formula is C20H29N3O2. The monoisotopic (exact) mass is 343 g/mol. The Morgan fingerprint density at radius 1 is 1.48 bits per heavy atom. The Morgan fingerprint density at radius 3 is 2.88 bits per heavy atom. The highest BCUT2D eigenvalue weighted by Crippen LogP contribution is 2.23. The number of nitrogens with zero attached hydrogens (tertiary/aromatic N) is 2. The predicted octanol–water partition coefficient (Wildman–Crippen LogP) is 3.09. The lowest BCUT2D eigenvalue weighted by atomic mass is 9.87. The van der Waals surface area contributed by atoms with Crippen molar-refractivity contribution < 1.29 is 9.90 Å². The normalized spacial score (nSPS) is 21.0. The number of nitrogens with one attached hydrogen (secondary N) is 1. The largest absolute Gasteiger partial charge is 0.393 e. The molecule has 0 spiro atoms. The van der Waals surface area contributed by atoms with Gasteiger partial charge in [0.15, 0.2) is 0 Å². The van der Waals surface area contributed by atoms with Gasteiger partial charge in [-0.2, -0.15) is 5.26 Å². The van der Waals surface area contributed by atoms with Crippen LogP contribution in [-0.2, 0) is 11.3 Å². The summed E-state index contributed by atoms with van der Waals surface area (Å²) in [6, 6.07) is 4.05. The average molecular weight is 343 g/mol. The highest BCUT2D eigenvalue weighted by molar-refractivity contribution is 6.01. The zero-order chi connectivity index (χ0) is 18.4. The first-order valence-electron chi connectivity index (χ1n) is 9.21. The number of aromatic nitrogens is 1. The lowest BCUT2D eigenvalue weighted by Crippen LogP contribution is -2.33. The lowest BCUT2D eigenvalue weighted by molar-refractivity contribution is -0.117. The molecule has 0 saturated heterocycles. The summed E-state index contributed by atoms with van der Waals surface area (Å²) in [6.07, 6.45) is 6.04. The van der Waals surface area contributed by atoms with Gasteiger partial charge in [-0.1, -0.05) is 13.3 Å². The minimum absolute atomic E-state index is 0.133. The molecule has 0 aliphatic heterocycles. The van der Waals surface area contributed by atoms with Crippen molar-refractivity contribution in [1.82, 2.24) is 9.88 Å². The average Bonchev–Trinajstić information content (AvgIpc) is 2.85. The first-order chi connectivity index (χ1) is 12.0. The molecule has 2 atom stereocenters. The maximum Gasteiger partial charge on any atom is 0.261 e. The van der Waals surface area contributed by atoms with Crippen LogP contribution in [-0.4, -0.2) is 28.2 Å². The van der Waals surface area contributed by atoms with Gasteiger partial charge in [-0.3, -0.25) is 4.79 Å². The Hall–Kier alpha value is -2.06. The van der Waals surface area contributed by atoms with Crippen molar-refractivity contribution in [2.45, 2.75) is 65.5 Å². The van der Waals surface area contributed by atoms with Gasteiger partial charge in [0.1, 0.15) is 11.6 Å². The van der Waals surface area contributed by atoms with Gasteiger partial charge >= 0.3 is 0 Å². The topological polar surface area (TPSA) is 78.0 Å². The van der Waals surface area contributed by atoms with Crippen molar-refractivity contribution in [2.24, 2.45) is 5.92 Å². The summed E-state index contributed by atoms with van der Waals surface area (Å²) in [6.45, 7) is 7.64. The summed E-state index contributed by atoms with van der Waals surface area (Å²) >= 11 is 0. The smallest absolute Gasteiger partial charge is 0.261 e. The zero-order valence-electron chi connectivity index (χ0n) is 15.5. The van der Waals surface area contributed by atoms with E-state index in [2.05, 4.69) is 16.8 Å². The minimum Gasteiger partial charge on any atom is -0.393 e. The molecule has 0 aromatic carbocycles. The number of aliphatic hydroxyl groups is 1. The van der Waals surface area contributed by atoms with E-state index >= 15 is 0 Å². The van der Waals surface area contributed by atoms with Crippen LogP contribution in [0.25, 0.3) is 6.08 Å². The number of aliphatic hydroxyl groups excluding tert-OH is 1. The van der Waals surface area contributed by atoms with E-state index in [0.717, 1.165) is 55.6 Å². The van der Waals surface area contributed by atoms with Crippen LogP contribution in [0.3, 0.4) is 0 Å². The molecule has 1 aliphatic rings. The maximum absolute atomic E-state index is 12.4. The van der Waals surface area contributed by atoms with E-state index in [4.69, 9.17) is 0 Å². The summed E-state index contributed by atoms with van der Waals surface area (Å²) in [7, 11) is 0. The Labute approximate surface area is 150 Å². The van der Waals surface area contributed by atoms with Gasteiger partial charge in [-0.15, -0.1) is 0 Å². The fourth-order valence-electron chi connectivity index (χ4n) is 3.63. The minimum atomic E-state index is -0.331. The Kier molecular flexibility index (Phi) is 6.83. The van der Waals surface area contributed by atoms with Crippen LogP contribution < -0.4 is 5.32 Å². The van der Waals surface area contributed by atoms with Crippen LogP contribution in [0.2, 0.25) is 0 Å². The predicted molar refractivity (Wildman–Crippen MR) is 98.8 cm³/mol. The van der Waals surface area contributed by atoms with E-state index in [-0.39, 0.29) is 17.6 Å². The summed E-state index contributed by atoms with van der Waals surface area (Å²) in [5.41, 5.74) is 3.27. The number of amides is 1. The number of carbonyl (C=O) groups excluding carboxylic acids is 1. The standard InChI is InChI=1S/C20H29N3O2/c1-4-8-23-14(2)9-17(15(23)3)11-18(12-21)20(25)22-13-16-6-5-7-19(24)10-16/h9,11,16,19,24H,4-8,10,13H2,1-3H3,(H,22,25). The Balaban J connectivity index is 2.05. The molecule has 136 valence electrons. The third kappa shape index (κ3) is 4.96.